The predicted octanol–water partition coefficient (Wildman–Crippen LogP) is 6.96. The lowest BCUT2D eigenvalue weighted by molar-refractivity contribution is 0.0000498. The van der Waals surface area contributed by atoms with E-state index >= 15 is 0 Å². The highest BCUT2D eigenvalue weighted by Crippen LogP contribution is 2.45. The zero-order valence-corrected chi connectivity index (χ0v) is 27.5. The quantitative estimate of drug-likeness (QED) is 0.172. The minimum Gasteiger partial charge on any atom is -0.493 e. The van der Waals surface area contributed by atoms with E-state index in [-0.39, 0.29) is 24.4 Å². The molecule has 6 rings (SSSR count). The van der Waals surface area contributed by atoms with Gasteiger partial charge in [-0.05, 0) is 67.9 Å². The first-order valence-electron chi connectivity index (χ1n) is 16.4. The van der Waals surface area contributed by atoms with Crippen LogP contribution in [0.5, 0.6) is 17.2 Å². The first-order chi connectivity index (χ1) is 21.9. The highest BCUT2D eigenvalue weighted by atomic mass is 35.5. The largest absolute Gasteiger partial charge is 0.493 e. The van der Waals surface area contributed by atoms with Gasteiger partial charge in [0, 0.05) is 49.4 Å². The Hall–Kier alpha value is -2.52. The van der Waals surface area contributed by atoms with E-state index < -0.39 is 0 Å². The van der Waals surface area contributed by atoms with Gasteiger partial charge in [-0.25, -0.2) is 0 Å². The Morgan fingerprint density at radius 1 is 0.911 bits per heavy atom. The molecule has 3 aromatic carbocycles. The van der Waals surface area contributed by atoms with Crippen molar-refractivity contribution in [2.75, 3.05) is 32.8 Å². The van der Waals surface area contributed by atoms with Crippen LogP contribution in [0.3, 0.4) is 0 Å². The summed E-state index contributed by atoms with van der Waals surface area (Å²) in [5, 5.41) is 24.6. The Labute approximate surface area is 276 Å². The van der Waals surface area contributed by atoms with Crippen LogP contribution in [0.25, 0.3) is 11.1 Å². The van der Waals surface area contributed by atoms with Crippen LogP contribution in [0.2, 0.25) is 10.0 Å². The van der Waals surface area contributed by atoms with E-state index in [1.165, 1.54) is 5.56 Å². The van der Waals surface area contributed by atoms with Crippen molar-refractivity contribution in [3.8, 4) is 28.4 Å². The van der Waals surface area contributed by atoms with Crippen molar-refractivity contribution in [3.63, 3.8) is 0 Å². The average molecular weight is 656 g/mol. The molecule has 0 radical (unpaired) electrons. The molecule has 0 unspecified atom stereocenters. The maximum atomic E-state index is 10.4. The fourth-order valence-corrected chi connectivity index (χ4v) is 7.37. The second-order valence-electron chi connectivity index (χ2n) is 12.4. The second kappa shape index (κ2) is 14.9. The molecule has 0 aromatic heterocycles. The van der Waals surface area contributed by atoms with Crippen LogP contribution in [-0.4, -0.2) is 66.2 Å². The monoisotopic (exact) mass is 654 g/mol. The van der Waals surface area contributed by atoms with Gasteiger partial charge in [0.25, 0.3) is 0 Å². The summed E-state index contributed by atoms with van der Waals surface area (Å²) in [7, 11) is 0. The number of β-amino-alcohol motifs (C(OH)–C–C–N with tert-alkyl or cyclic N) is 1. The Kier molecular flexibility index (Phi) is 10.8. The van der Waals surface area contributed by atoms with Crippen LogP contribution in [-0.2, 0) is 13.0 Å². The van der Waals surface area contributed by atoms with Crippen LogP contribution in [0.15, 0.2) is 48.5 Å². The third-order valence-electron chi connectivity index (χ3n) is 9.25. The number of hydrogen-bond donors (Lipinski definition) is 3. The number of likely N-dealkylation sites (tertiary alicyclic amines) is 1. The molecule has 2 fully saturated rings. The number of halogens is 2. The number of aliphatic hydroxyl groups is 2. The van der Waals surface area contributed by atoms with E-state index in [1.54, 1.807) is 0 Å². The first-order valence-corrected chi connectivity index (χ1v) is 17.1. The second-order valence-corrected chi connectivity index (χ2v) is 13.2. The molecule has 0 amide bonds. The van der Waals surface area contributed by atoms with Gasteiger partial charge in [-0.2, -0.15) is 0 Å². The Morgan fingerprint density at radius 3 is 2.51 bits per heavy atom. The van der Waals surface area contributed by atoms with Crippen LogP contribution >= 0.6 is 23.2 Å². The van der Waals surface area contributed by atoms with Crippen molar-refractivity contribution in [1.29, 1.82) is 0 Å². The summed E-state index contributed by atoms with van der Waals surface area (Å²) in [5.41, 5.74) is 5.37. The van der Waals surface area contributed by atoms with Crippen LogP contribution < -0.4 is 19.5 Å². The van der Waals surface area contributed by atoms with E-state index in [0.717, 1.165) is 92.6 Å². The molecule has 3 atom stereocenters. The summed E-state index contributed by atoms with van der Waals surface area (Å²) in [6, 6.07) is 16.2. The van der Waals surface area contributed by atoms with Gasteiger partial charge < -0.3 is 29.7 Å². The summed E-state index contributed by atoms with van der Waals surface area (Å²) in [4.78, 5) is 2.22. The smallest absolute Gasteiger partial charge is 0.142 e. The van der Waals surface area contributed by atoms with Crippen molar-refractivity contribution in [2.45, 2.75) is 82.8 Å². The van der Waals surface area contributed by atoms with Gasteiger partial charge in [-0.15, -0.1) is 0 Å². The summed E-state index contributed by atoms with van der Waals surface area (Å²) in [6.07, 6.45) is 5.93. The number of nitrogens with zero attached hydrogens (tertiary/aromatic N) is 1. The van der Waals surface area contributed by atoms with E-state index in [1.807, 2.05) is 37.3 Å². The molecule has 3 N–H and O–H groups in total. The van der Waals surface area contributed by atoms with Crippen molar-refractivity contribution in [2.24, 2.45) is 0 Å². The molecule has 0 bridgehead atoms. The van der Waals surface area contributed by atoms with Crippen molar-refractivity contribution < 1.29 is 24.4 Å². The van der Waals surface area contributed by atoms with Crippen molar-refractivity contribution >= 4 is 23.2 Å². The highest BCUT2D eigenvalue weighted by molar-refractivity contribution is 6.35. The Balaban J connectivity index is 1.15. The normalized spacial score (nSPS) is 21.8. The van der Waals surface area contributed by atoms with E-state index in [9.17, 15) is 10.2 Å². The molecule has 45 heavy (non-hydrogen) atoms. The van der Waals surface area contributed by atoms with Gasteiger partial charge >= 0.3 is 0 Å². The molecule has 2 aliphatic carbocycles. The molecule has 1 saturated heterocycles. The molecule has 3 aromatic rings. The van der Waals surface area contributed by atoms with Gasteiger partial charge in [0.15, 0.2) is 0 Å². The molecular weight excluding hydrogens is 611 g/mol. The number of ether oxygens (including phenoxy) is 3. The lowest BCUT2D eigenvalue weighted by Gasteiger charge is -2.35. The molecule has 0 spiro atoms. The Bertz CT molecular complexity index is 1460. The van der Waals surface area contributed by atoms with Gasteiger partial charge in [-0.1, -0.05) is 66.4 Å². The van der Waals surface area contributed by atoms with E-state index in [4.69, 9.17) is 37.4 Å². The minimum absolute atomic E-state index is 0.0823. The third kappa shape index (κ3) is 7.56. The van der Waals surface area contributed by atoms with Crippen LogP contribution in [0.4, 0.5) is 0 Å². The number of aliphatic hydroxyl groups excluding tert-OH is 2. The summed E-state index contributed by atoms with van der Waals surface area (Å²) >= 11 is 13.7. The van der Waals surface area contributed by atoms with Gasteiger partial charge in [-0.3, -0.25) is 4.90 Å². The van der Waals surface area contributed by atoms with Crippen LogP contribution in [0, 0.1) is 0 Å². The van der Waals surface area contributed by atoms with Gasteiger partial charge in [0.2, 0.25) is 0 Å². The zero-order valence-electron chi connectivity index (χ0n) is 25.9. The lowest BCUT2D eigenvalue weighted by Crippen LogP contribution is -2.50. The highest BCUT2D eigenvalue weighted by Gasteiger charge is 2.29. The first kappa shape index (κ1) is 32.4. The van der Waals surface area contributed by atoms with Gasteiger partial charge in [0.05, 0.1) is 35.5 Å². The third-order valence-corrected chi connectivity index (χ3v) is 9.94. The Morgan fingerprint density at radius 2 is 1.71 bits per heavy atom. The predicted molar refractivity (Wildman–Crippen MR) is 179 cm³/mol. The number of nitrogens with one attached hydrogen (secondary N) is 1. The lowest BCUT2D eigenvalue weighted by atomic mass is 9.92. The molecule has 1 saturated carbocycles. The summed E-state index contributed by atoms with van der Waals surface area (Å²) < 4.78 is 18.7. The van der Waals surface area contributed by atoms with Crippen LogP contribution in [0.1, 0.15) is 68.2 Å². The van der Waals surface area contributed by atoms with E-state index in [0.29, 0.717) is 41.3 Å². The minimum atomic E-state index is -0.318. The van der Waals surface area contributed by atoms with Crippen molar-refractivity contribution in [3.05, 3.63) is 75.3 Å². The van der Waals surface area contributed by atoms with Gasteiger partial charge in [0.1, 0.15) is 23.4 Å². The SMILES string of the molecule is CCOc1cc(O[C@H]2CCc3c(-c4cccc(OCCCN5CC(O)C5)c4Cl)cccc32)c(Cl)cc1CN[C@@H]1CCCC[C@@H]1O. The molecular formula is C36H44Cl2N2O5. The molecule has 3 aliphatic rings. The summed E-state index contributed by atoms with van der Waals surface area (Å²) in [5.74, 6) is 2.03. The number of rotatable bonds is 13. The maximum absolute atomic E-state index is 10.4. The topological polar surface area (TPSA) is 83.4 Å². The molecule has 9 heteroatoms. The standard InChI is InChI=1S/C36H44Cl2N2O5/c1-2-43-34-19-35(29(37)18-23(34)20-39-30-11-3-4-12-31(30)42)45-32-15-14-26-25(8-5-9-27(26)32)28-10-6-13-33(36(28)38)44-17-7-16-40-21-24(41)22-40/h5-6,8-10,13,18-19,24,30-32,39,41-42H,2-4,7,11-12,14-17,20-22H2,1H3/t30-,31+,32+/m1/s1. The fraction of sp³-hybridized carbons (Fsp3) is 0.500. The summed E-state index contributed by atoms with van der Waals surface area (Å²) in [6.45, 7) is 6.03. The molecule has 7 nitrogen and oxygen atoms in total. The maximum Gasteiger partial charge on any atom is 0.142 e. The van der Waals surface area contributed by atoms with E-state index in [2.05, 4.69) is 28.4 Å². The number of benzene rings is 3. The molecule has 1 heterocycles. The molecule has 1 aliphatic heterocycles. The number of hydrogen-bond acceptors (Lipinski definition) is 7. The number of fused-ring (bicyclic) bond motifs is 1. The zero-order chi connectivity index (χ0) is 31.3. The molecule has 242 valence electrons. The fourth-order valence-electron chi connectivity index (χ4n) is 6.85. The van der Waals surface area contributed by atoms with Crippen molar-refractivity contribution in [1.82, 2.24) is 10.2 Å². The average Bonchev–Trinajstić information content (AvgIpc) is 3.43.